The van der Waals surface area contributed by atoms with Crippen LogP contribution in [-0.2, 0) is 29.3 Å². The van der Waals surface area contributed by atoms with E-state index in [1.807, 2.05) is 0 Å². The average molecular weight is 684 g/mol. The summed E-state index contributed by atoms with van der Waals surface area (Å²) < 4.78 is 35.4. The van der Waals surface area contributed by atoms with Crippen molar-refractivity contribution in [1.29, 1.82) is 5.41 Å². The minimum absolute atomic E-state index is 0.0178. The van der Waals surface area contributed by atoms with Gasteiger partial charge in [-0.25, -0.2) is 9.97 Å². The predicted molar refractivity (Wildman–Crippen MR) is 169 cm³/mol. The van der Waals surface area contributed by atoms with Crippen LogP contribution in [0.4, 0.5) is 5.82 Å². The van der Waals surface area contributed by atoms with E-state index in [4.69, 9.17) is 31.5 Å². The molecule has 9 N–H and O–H groups in total. The van der Waals surface area contributed by atoms with Gasteiger partial charge in [0, 0.05) is 71.2 Å². The first-order valence-corrected chi connectivity index (χ1v) is 16.8. The summed E-state index contributed by atoms with van der Waals surface area (Å²) in [6.07, 6.45) is 5.42. The zero-order chi connectivity index (χ0) is 34.6. The van der Waals surface area contributed by atoms with E-state index in [9.17, 15) is 22.8 Å². The molecule has 0 bridgehead atoms. The first-order valence-electron chi connectivity index (χ1n) is 15.3. The number of carboxylic acids is 1. The fraction of sp³-hybridized carbons (Fsp3) is 0.667. The lowest BCUT2D eigenvalue weighted by atomic mass is 9.98. The van der Waals surface area contributed by atoms with Gasteiger partial charge in [0.15, 0.2) is 17.5 Å². The number of carbonyl (C=O) groups excluding carboxylic acids is 3. The Morgan fingerprint density at radius 1 is 1.13 bits per heavy atom. The number of guanidine groups is 1. The molecule has 3 fully saturated rings. The van der Waals surface area contributed by atoms with Gasteiger partial charge < -0.3 is 41.7 Å². The van der Waals surface area contributed by atoms with Gasteiger partial charge in [0.2, 0.25) is 11.8 Å². The van der Waals surface area contributed by atoms with Crippen LogP contribution in [0.5, 0.6) is 0 Å². The Morgan fingerprint density at radius 3 is 2.40 bits per heavy atom. The van der Waals surface area contributed by atoms with Gasteiger partial charge in [-0.2, -0.15) is 17.4 Å². The van der Waals surface area contributed by atoms with Gasteiger partial charge in [-0.05, 0) is 31.6 Å². The number of aliphatic carboxylic acids is 1. The Hall–Kier alpha value is -4.14. The molecular weight excluding hydrogens is 638 g/mol. The second-order valence-electron chi connectivity index (χ2n) is 11.4. The van der Waals surface area contributed by atoms with Crippen LogP contribution < -0.4 is 26.8 Å². The summed E-state index contributed by atoms with van der Waals surface area (Å²) >= 11 is 0. The van der Waals surface area contributed by atoms with Gasteiger partial charge in [0.05, 0.1) is 19.6 Å². The SMILES string of the molecule is CC(=O)O.N=C(N)N1CCC[C@@H](CNC(=O)C[C@H](NS(=O)(=O)N2CCOCC2)C(=O)N(CCNC(=O)c2nccnc2N)C2CC2)C1. The molecule has 19 nitrogen and oxygen atoms in total. The van der Waals surface area contributed by atoms with Gasteiger partial charge in [-0.3, -0.25) is 24.6 Å². The number of amides is 3. The van der Waals surface area contributed by atoms with Gasteiger partial charge in [-0.15, -0.1) is 0 Å². The Balaban J connectivity index is 0.00000142. The van der Waals surface area contributed by atoms with Crippen molar-refractivity contribution in [2.75, 3.05) is 64.8 Å². The normalized spacial score (nSPS) is 19.0. The second kappa shape index (κ2) is 17.7. The zero-order valence-electron chi connectivity index (χ0n) is 26.4. The van der Waals surface area contributed by atoms with Crippen molar-refractivity contribution >= 4 is 45.7 Å². The number of rotatable bonds is 13. The van der Waals surface area contributed by atoms with Gasteiger partial charge in [0.1, 0.15) is 6.04 Å². The van der Waals surface area contributed by atoms with E-state index in [0.717, 1.165) is 32.6 Å². The van der Waals surface area contributed by atoms with E-state index in [0.29, 0.717) is 19.6 Å². The number of anilines is 1. The highest BCUT2D eigenvalue weighted by molar-refractivity contribution is 7.87. The fourth-order valence-electron chi connectivity index (χ4n) is 5.14. The number of hydrogen-bond donors (Lipinski definition) is 7. The zero-order valence-corrected chi connectivity index (χ0v) is 27.2. The number of nitrogens with two attached hydrogens (primary N) is 2. The standard InChI is InChI=1S/C25H41N11O6S.C2H4O2/c26-22-21(29-5-6-30-22)23(38)31-7-9-36(18-3-4-18)24(39)19(33-43(40,41)35-10-12-42-13-11-35)14-20(37)32-15-17-2-1-8-34(16-17)25(27)28;1-2(3)4/h5-6,17-19,33H,1-4,7-16H2,(H2,26,30)(H3,27,28)(H,31,38)(H,32,37);1H3,(H,3,4)/t17-,19-;/m0./s1. The van der Waals surface area contributed by atoms with Crippen molar-refractivity contribution in [3.8, 4) is 0 Å². The maximum Gasteiger partial charge on any atom is 0.300 e. The van der Waals surface area contributed by atoms with E-state index in [2.05, 4.69) is 25.3 Å². The maximum absolute atomic E-state index is 13.8. The fourth-order valence-corrected chi connectivity index (χ4v) is 6.47. The number of piperidine rings is 1. The summed E-state index contributed by atoms with van der Waals surface area (Å²) in [6, 6.07) is -1.50. The molecule has 2 atom stereocenters. The third kappa shape index (κ3) is 12.2. The molecule has 0 unspecified atom stereocenters. The molecule has 4 rings (SSSR count). The lowest BCUT2D eigenvalue weighted by molar-refractivity contribution is -0.136. The molecule has 2 aliphatic heterocycles. The second-order valence-corrected chi connectivity index (χ2v) is 13.1. The first-order chi connectivity index (χ1) is 22.3. The minimum atomic E-state index is -4.11. The number of nitrogens with one attached hydrogen (secondary N) is 4. The van der Waals surface area contributed by atoms with Crippen LogP contribution in [0, 0.1) is 11.3 Å². The van der Waals surface area contributed by atoms with Crippen molar-refractivity contribution in [3.63, 3.8) is 0 Å². The van der Waals surface area contributed by atoms with E-state index >= 15 is 0 Å². The summed E-state index contributed by atoms with van der Waals surface area (Å²) in [5.74, 6) is -2.40. The first kappa shape index (κ1) is 37.3. The number of nitrogen functional groups attached to an aromatic ring is 1. The third-order valence-electron chi connectivity index (χ3n) is 7.59. The Morgan fingerprint density at radius 2 is 1.79 bits per heavy atom. The number of hydrogen-bond acceptors (Lipinski definition) is 11. The van der Waals surface area contributed by atoms with Crippen molar-refractivity contribution in [2.45, 2.75) is 51.1 Å². The highest BCUT2D eigenvalue weighted by atomic mass is 32.2. The van der Waals surface area contributed by atoms with E-state index in [-0.39, 0.29) is 68.8 Å². The van der Waals surface area contributed by atoms with Crippen LogP contribution in [-0.4, -0.2) is 138 Å². The number of nitrogens with zero attached hydrogens (tertiary/aromatic N) is 5. The Bertz CT molecular complexity index is 1370. The predicted octanol–water partition coefficient (Wildman–Crippen LogP) is -2.48. The van der Waals surface area contributed by atoms with E-state index in [1.165, 1.54) is 21.6 Å². The van der Waals surface area contributed by atoms with Crippen molar-refractivity contribution < 1.29 is 37.4 Å². The molecule has 1 aliphatic carbocycles. The largest absolute Gasteiger partial charge is 0.481 e. The van der Waals surface area contributed by atoms with Gasteiger partial charge in [-0.1, -0.05) is 0 Å². The lowest BCUT2D eigenvalue weighted by Crippen LogP contribution is -2.56. The van der Waals surface area contributed by atoms with Crippen LogP contribution in [0.1, 0.15) is 49.5 Å². The van der Waals surface area contributed by atoms with Crippen LogP contribution >= 0.6 is 0 Å². The summed E-state index contributed by atoms with van der Waals surface area (Å²) in [5.41, 5.74) is 11.3. The Labute approximate surface area is 273 Å². The molecule has 2 saturated heterocycles. The third-order valence-corrected chi connectivity index (χ3v) is 9.21. The topological polar surface area (TPSA) is 279 Å². The highest BCUT2D eigenvalue weighted by Gasteiger charge is 2.39. The van der Waals surface area contributed by atoms with Gasteiger partial charge in [0.25, 0.3) is 22.1 Å². The molecule has 1 aromatic rings. The number of aromatic nitrogens is 2. The molecule has 20 heteroatoms. The van der Waals surface area contributed by atoms with Gasteiger partial charge >= 0.3 is 0 Å². The summed E-state index contributed by atoms with van der Waals surface area (Å²) in [6.45, 7) is 3.46. The van der Waals surface area contributed by atoms with Crippen LogP contribution in [0.2, 0.25) is 0 Å². The maximum atomic E-state index is 13.8. The molecule has 1 aromatic heterocycles. The molecule has 3 amide bonds. The average Bonchev–Trinajstić information content (AvgIpc) is 3.87. The monoisotopic (exact) mass is 683 g/mol. The number of carbonyl (C=O) groups is 4. The number of ether oxygens (including phenoxy) is 1. The Kier molecular flexibility index (Phi) is 14.0. The van der Waals surface area contributed by atoms with E-state index < -0.39 is 46.4 Å². The van der Waals surface area contributed by atoms with Crippen LogP contribution in [0.25, 0.3) is 0 Å². The van der Waals surface area contributed by atoms with Crippen LogP contribution in [0.3, 0.4) is 0 Å². The molecule has 1 saturated carbocycles. The minimum Gasteiger partial charge on any atom is -0.481 e. The summed E-state index contributed by atoms with van der Waals surface area (Å²) in [7, 11) is -4.11. The highest BCUT2D eigenvalue weighted by Crippen LogP contribution is 2.27. The lowest BCUT2D eigenvalue weighted by Gasteiger charge is -2.33. The van der Waals surface area contributed by atoms with E-state index in [1.54, 1.807) is 4.90 Å². The van der Waals surface area contributed by atoms with Crippen molar-refractivity contribution in [3.05, 3.63) is 18.1 Å². The number of morpholine rings is 1. The smallest absolute Gasteiger partial charge is 0.300 e. The van der Waals surface area contributed by atoms with Crippen LogP contribution in [0.15, 0.2) is 12.4 Å². The number of carboxylic acid groups (broad SMARTS) is 1. The molecule has 0 aromatic carbocycles. The molecule has 262 valence electrons. The quantitative estimate of drug-likeness (QED) is 0.0839. The summed E-state index contributed by atoms with van der Waals surface area (Å²) in [4.78, 5) is 59.4. The molecule has 0 spiro atoms. The molecule has 3 aliphatic rings. The molecular formula is C27H45N11O8S. The molecule has 0 radical (unpaired) electrons. The molecule has 3 heterocycles. The van der Waals surface area contributed by atoms with Crippen molar-refractivity contribution in [1.82, 2.24) is 39.4 Å². The summed E-state index contributed by atoms with van der Waals surface area (Å²) in [5, 5.41) is 20.6. The van der Waals surface area contributed by atoms with Crippen molar-refractivity contribution in [2.24, 2.45) is 11.7 Å². The molecule has 47 heavy (non-hydrogen) atoms. The number of likely N-dealkylation sites (tertiary alicyclic amines) is 1.